The Morgan fingerprint density at radius 1 is 0.559 bits per heavy atom. The van der Waals surface area contributed by atoms with Crippen molar-refractivity contribution in [1.82, 2.24) is 0 Å². The van der Waals surface area contributed by atoms with Gasteiger partial charge in [0.2, 0.25) is 0 Å². The van der Waals surface area contributed by atoms with Crippen LogP contribution in [0.25, 0.3) is 21.9 Å². The summed E-state index contributed by atoms with van der Waals surface area (Å²) in [5, 5.41) is 6.21. The lowest BCUT2D eigenvalue weighted by atomic mass is 9.49. The van der Waals surface area contributed by atoms with Crippen LogP contribution in [-0.2, 0) is 5.41 Å². The molecule has 0 atom stereocenters. The average Bonchev–Trinajstić information content (AvgIpc) is 3.28. The van der Waals surface area contributed by atoms with Crippen LogP contribution in [0.4, 0.5) is 11.4 Å². The quantitative estimate of drug-likeness (QED) is 0.264. The minimum atomic E-state index is -0.388. The third kappa shape index (κ3) is 1.70. The lowest BCUT2D eigenvalue weighted by molar-refractivity contribution is 0.629. The van der Waals surface area contributed by atoms with Crippen molar-refractivity contribution in [2.75, 3.05) is 5.32 Å². The van der Waals surface area contributed by atoms with Gasteiger partial charge in [0.1, 0.15) is 11.2 Å². The molecule has 10 rings (SSSR count). The molecule has 1 spiro atoms. The first-order valence-electron chi connectivity index (χ1n) is 11.9. The molecule has 0 fully saturated rings. The molecule has 6 aromatic rings. The predicted octanol–water partition coefficient (Wildman–Crippen LogP) is 7.83. The summed E-state index contributed by atoms with van der Waals surface area (Å²) in [6, 6.07) is 37.7. The topological polar surface area (TPSA) is 25.2 Å². The number of hydrogen-bond acceptors (Lipinski definition) is 2. The van der Waals surface area contributed by atoms with Gasteiger partial charge >= 0.3 is 0 Å². The van der Waals surface area contributed by atoms with E-state index in [1.54, 1.807) is 0 Å². The smallest absolute Gasteiger partial charge is 0.135 e. The molecule has 0 saturated heterocycles. The molecule has 3 aliphatic carbocycles. The van der Waals surface area contributed by atoms with E-state index in [1.807, 2.05) is 0 Å². The number of rotatable bonds is 0. The molecule has 2 bridgehead atoms. The number of fused-ring (bicyclic) bond motifs is 5. The minimum Gasteiger partial charge on any atom is -0.456 e. The highest BCUT2D eigenvalue weighted by molar-refractivity contribution is 6.11. The Bertz CT molecular complexity index is 1810. The van der Waals surface area contributed by atoms with Gasteiger partial charge in [-0.2, -0.15) is 0 Å². The highest BCUT2D eigenvalue weighted by Gasteiger charge is 2.56. The Labute approximate surface area is 196 Å². The first-order valence-corrected chi connectivity index (χ1v) is 11.9. The fraction of sp³-hybridized carbons (Fsp3) is 0.0625. The maximum atomic E-state index is 6.40. The Morgan fingerprint density at radius 3 is 2.06 bits per heavy atom. The molecule has 2 heterocycles. The molecule has 158 valence electrons. The summed E-state index contributed by atoms with van der Waals surface area (Å²) in [5.74, 6) is 0.257. The maximum absolute atomic E-state index is 6.40. The van der Waals surface area contributed by atoms with Gasteiger partial charge in [0.25, 0.3) is 0 Å². The van der Waals surface area contributed by atoms with Gasteiger partial charge < -0.3 is 9.73 Å². The predicted molar refractivity (Wildman–Crippen MR) is 136 cm³/mol. The van der Waals surface area contributed by atoms with Crippen LogP contribution in [0.15, 0.2) is 108 Å². The normalized spacial score (nSPS) is 20.4. The lowest BCUT2D eigenvalue weighted by Gasteiger charge is -2.54. The van der Waals surface area contributed by atoms with Gasteiger partial charge in [0.05, 0.1) is 5.41 Å². The second-order valence-electron chi connectivity index (χ2n) is 9.71. The number of anilines is 2. The van der Waals surface area contributed by atoms with E-state index in [4.69, 9.17) is 4.42 Å². The Kier molecular flexibility index (Phi) is 2.84. The van der Waals surface area contributed by atoms with Gasteiger partial charge in [0, 0.05) is 33.6 Å². The maximum Gasteiger partial charge on any atom is 0.135 e. The third-order valence-electron chi connectivity index (χ3n) is 8.32. The van der Waals surface area contributed by atoms with Crippen molar-refractivity contribution in [3.05, 3.63) is 142 Å². The summed E-state index contributed by atoms with van der Waals surface area (Å²) >= 11 is 0. The van der Waals surface area contributed by atoms with Crippen LogP contribution in [0.3, 0.4) is 0 Å². The van der Waals surface area contributed by atoms with E-state index in [0.717, 1.165) is 16.9 Å². The van der Waals surface area contributed by atoms with E-state index in [1.165, 1.54) is 55.4 Å². The molecule has 0 unspecified atom stereocenters. The van der Waals surface area contributed by atoms with Gasteiger partial charge in [-0.05, 0) is 57.6 Å². The van der Waals surface area contributed by atoms with Crippen LogP contribution in [0.2, 0.25) is 0 Å². The van der Waals surface area contributed by atoms with Crippen LogP contribution in [-0.4, -0.2) is 0 Å². The second kappa shape index (κ2) is 5.60. The molecule has 0 saturated carbocycles. The van der Waals surface area contributed by atoms with Crippen LogP contribution in [0.5, 0.6) is 0 Å². The van der Waals surface area contributed by atoms with Gasteiger partial charge in [-0.3, -0.25) is 0 Å². The molecule has 34 heavy (non-hydrogen) atoms. The molecule has 4 aliphatic rings. The standard InChI is InChI=1S/C32H19NO/c1-4-12-22-18(8-1)28-19-9-2-5-13-23(19)32(22)30-21(28)11-7-14-24(30)33-25-16-17-27-29(31(25)32)20-10-3-6-15-26(20)34-27/h1-17,28,33H. The SMILES string of the molecule is c1ccc2c(c1)C1c3ccccc3C23c2c(cccc21)Nc1ccc2oc4ccccc4c2c13. The zero-order valence-electron chi connectivity index (χ0n) is 18.3. The second-order valence-corrected chi connectivity index (χ2v) is 9.71. The molecule has 1 N–H and O–H groups in total. The Balaban J connectivity index is 1.60. The number of hydrogen-bond donors (Lipinski definition) is 1. The Morgan fingerprint density at radius 2 is 1.24 bits per heavy atom. The molecular weight excluding hydrogens is 414 g/mol. The summed E-state index contributed by atoms with van der Waals surface area (Å²) in [7, 11) is 0. The third-order valence-corrected chi connectivity index (χ3v) is 8.32. The summed E-state index contributed by atoms with van der Waals surface area (Å²) in [6.07, 6.45) is 0. The fourth-order valence-electron chi connectivity index (χ4n) is 7.28. The van der Waals surface area contributed by atoms with Gasteiger partial charge in [-0.1, -0.05) is 78.9 Å². The van der Waals surface area contributed by atoms with Crippen LogP contribution < -0.4 is 5.32 Å². The molecule has 5 aromatic carbocycles. The molecule has 1 aromatic heterocycles. The van der Waals surface area contributed by atoms with Crippen molar-refractivity contribution in [3.8, 4) is 0 Å². The van der Waals surface area contributed by atoms with Crippen molar-refractivity contribution in [2.24, 2.45) is 0 Å². The van der Waals surface area contributed by atoms with Crippen LogP contribution in [0, 0.1) is 0 Å². The number of furan rings is 1. The lowest BCUT2D eigenvalue weighted by Crippen LogP contribution is -2.45. The van der Waals surface area contributed by atoms with Crippen LogP contribution >= 0.6 is 0 Å². The van der Waals surface area contributed by atoms with Crippen molar-refractivity contribution in [3.63, 3.8) is 0 Å². The highest BCUT2D eigenvalue weighted by Crippen LogP contribution is 2.67. The molecule has 0 radical (unpaired) electrons. The van der Waals surface area contributed by atoms with Gasteiger partial charge in [-0.15, -0.1) is 0 Å². The van der Waals surface area contributed by atoms with E-state index in [2.05, 4.69) is 108 Å². The fourth-order valence-corrected chi connectivity index (χ4v) is 7.28. The van der Waals surface area contributed by atoms with E-state index in [9.17, 15) is 0 Å². The van der Waals surface area contributed by atoms with Crippen molar-refractivity contribution < 1.29 is 4.42 Å². The Hall–Kier alpha value is -4.30. The van der Waals surface area contributed by atoms with Crippen LogP contribution in [0.1, 0.15) is 44.9 Å². The minimum absolute atomic E-state index is 0.257. The van der Waals surface area contributed by atoms with Crippen molar-refractivity contribution >= 4 is 33.3 Å². The molecule has 2 nitrogen and oxygen atoms in total. The molecule has 0 amide bonds. The summed E-state index contributed by atoms with van der Waals surface area (Å²) in [6.45, 7) is 0. The average molecular weight is 434 g/mol. The molecular formula is C32H19NO. The zero-order chi connectivity index (χ0) is 22.0. The number of para-hydroxylation sites is 1. The first kappa shape index (κ1) is 17.2. The zero-order valence-corrected chi connectivity index (χ0v) is 18.3. The van der Waals surface area contributed by atoms with Crippen molar-refractivity contribution in [1.29, 1.82) is 0 Å². The van der Waals surface area contributed by atoms with Gasteiger partial charge in [0.15, 0.2) is 0 Å². The molecule has 1 aliphatic heterocycles. The number of benzene rings is 5. The van der Waals surface area contributed by atoms with Crippen molar-refractivity contribution in [2.45, 2.75) is 11.3 Å². The van der Waals surface area contributed by atoms with E-state index in [-0.39, 0.29) is 11.3 Å². The van der Waals surface area contributed by atoms with E-state index < -0.39 is 0 Å². The molecule has 2 heteroatoms. The first-order chi connectivity index (χ1) is 16.9. The number of nitrogens with one attached hydrogen (secondary N) is 1. The summed E-state index contributed by atoms with van der Waals surface area (Å²) < 4.78 is 6.40. The van der Waals surface area contributed by atoms with E-state index >= 15 is 0 Å². The monoisotopic (exact) mass is 433 g/mol. The van der Waals surface area contributed by atoms with Gasteiger partial charge in [-0.25, -0.2) is 0 Å². The summed E-state index contributed by atoms with van der Waals surface area (Å²) in [5.41, 5.74) is 13.6. The van der Waals surface area contributed by atoms with E-state index in [0.29, 0.717) is 0 Å². The highest BCUT2D eigenvalue weighted by atomic mass is 16.3. The summed E-state index contributed by atoms with van der Waals surface area (Å²) in [4.78, 5) is 0. The largest absolute Gasteiger partial charge is 0.456 e.